The lowest BCUT2D eigenvalue weighted by molar-refractivity contribution is -0.119. The summed E-state index contributed by atoms with van der Waals surface area (Å²) in [5, 5.41) is 6.63. The first-order valence-electron chi connectivity index (χ1n) is 9.35. The molecule has 2 amide bonds. The minimum atomic E-state index is -1.14. The van der Waals surface area contributed by atoms with E-state index < -0.39 is 36.0 Å². The molecule has 0 spiro atoms. The minimum Gasteiger partial charge on any atom is -0.493 e. The van der Waals surface area contributed by atoms with Gasteiger partial charge in [-0.1, -0.05) is 6.07 Å². The van der Waals surface area contributed by atoms with Crippen LogP contribution in [-0.2, 0) is 9.53 Å². The molecule has 3 rings (SSSR count). The molecular formula is C22H18F2N2O6S. The second kappa shape index (κ2) is 10.6. The summed E-state index contributed by atoms with van der Waals surface area (Å²) in [6.45, 7) is -0.718. The molecule has 11 heteroatoms. The number of nitrogens with one attached hydrogen (secondary N) is 2. The highest BCUT2D eigenvalue weighted by Crippen LogP contribution is 2.34. The molecule has 8 nitrogen and oxygen atoms in total. The largest absolute Gasteiger partial charge is 0.493 e. The average molecular weight is 476 g/mol. The number of rotatable bonds is 8. The van der Waals surface area contributed by atoms with E-state index in [9.17, 15) is 23.2 Å². The van der Waals surface area contributed by atoms with Crippen LogP contribution in [0.25, 0.3) is 0 Å². The van der Waals surface area contributed by atoms with Crippen molar-refractivity contribution >= 4 is 40.5 Å². The Morgan fingerprint density at radius 1 is 0.939 bits per heavy atom. The predicted octanol–water partition coefficient (Wildman–Crippen LogP) is 4.09. The Hall–Kier alpha value is -3.99. The highest BCUT2D eigenvalue weighted by Gasteiger charge is 2.21. The van der Waals surface area contributed by atoms with Crippen LogP contribution < -0.4 is 20.1 Å². The van der Waals surface area contributed by atoms with Crippen molar-refractivity contribution in [1.29, 1.82) is 0 Å². The summed E-state index contributed by atoms with van der Waals surface area (Å²) < 4.78 is 41.7. The lowest BCUT2D eigenvalue weighted by atomic mass is 10.1. The zero-order valence-electron chi connectivity index (χ0n) is 17.4. The van der Waals surface area contributed by atoms with Crippen LogP contribution in [0.3, 0.4) is 0 Å². The molecule has 0 saturated heterocycles. The first-order chi connectivity index (χ1) is 15.8. The van der Waals surface area contributed by atoms with E-state index in [2.05, 4.69) is 10.6 Å². The fourth-order valence-corrected chi connectivity index (χ4v) is 3.34. The van der Waals surface area contributed by atoms with Crippen LogP contribution in [0.4, 0.5) is 20.2 Å². The SMILES string of the molecule is COc1cc(NC(=O)c2cccs2)c(C(=O)OCC(=O)Nc2ccc(F)c(F)c2)cc1OC. The van der Waals surface area contributed by atoms with Crippen LogP contribution in [0.5, 0.6) is 11.5 Å². The summed E-state index contributed by atoms with van der Waals surface area (Å²) >= 11 is 1.21. The van der Waals surface area contributed by atoms with Crippen molar-refractivity contribution in [2.24, 2.45) is 0 Å². The number of esters is 1. The zero-order valence-corrected chi connectivity index (χ0v) is 18.3. The minimum absolute atomic E-state index is 0.00929. The first-order valence-corrected chi connectivity index (χ1v) is 10.2. The van der Waals surface area contributed by atoms with Gasteiger partial charge in [0, 0.05) is 23.9 Å². The topological polar surface area (TPSA) is 103 Å². The smallest absolute Gasteiger partial charge is 0.340 e. The quantitative estimate of drug-likeness (QED) is 0.475. The van der Waals surface area contributed by atoms with Gasteiger partial charge in [-0.25, -0.2) is 13.6 Å². The Morgan fingerprint density at radius 3 is 2.30 bits per heavy atom. The first kappa shape index (κ1) is 23.7. The van der Waals surface area contributed by atoms with Crippen molar-refractivity contribution in [3.05, 3.63) is 69.9 Å². The number of ether oxygens (including phenoxy) is 3. The van der Waals surface area contributed by atoms with Crippen LogP contribution in [-0.4, -0.2) is 38.6 Å². The van der Waals surface area contributed by atoms with Crippen molar-refractivity contribution in [2.45, 2.75) is 0 Å². The van der Waals surface area contributed by atoms with Crippen LogP contribution in [0, 0.1) is 11.6 Å². The van der Waals surface area contributed by atoms with Gasteiger partial charge in [0.2, 0.25) is 0 Å². The molecule has 0 aliphatic heterocycles. The molecule has 0 aliphatic rings. The van der Waals surface area contributed by atoms with Gasteiger partial charge >= 0.3 is 5.97 Å². The van der Waals surface area contributed by atoms with Gasteiger partial charge in [-0.05, 0) is 23.6 Å². The van der Waals surface area contributed by atoms with Crippen molar-refractivity contribution < 1.29 is 37.4 Å². The van der Waals surface area contributed by atoms with Crippen LogP contribution in [0.1, 0.15) is 20.0 Å². The Kier molecular flexibility index (Phi) is 7.57. The third-order valence-electron chi connectivity index (χ3n) is 4.27. The molecule has 33 heavy (non-hydrogen) atoms. The van der Waals surface area contributed by atoms with Gasteiger partial charge in [0.15, 0.2) is 29.7 Å². The van der Waals surface area contributed by atoms with Gasteiger partial charge in [-0.2, -0.15) is 0 Å². The maximum atomic E-state index is 13.3. The summed E-state index contributed by atoms with van der Waals surface area (Å²) in [4.78, 5) is 37.7. The molecule has 0 bridgehead atoms. The lowest BCUT2D eigenvalue weighted by Crippen LogP contribution is -2.22. The molecule has 0 aliphatic carbocycles. The Morgan fingerprint density at radius 2 is 1.67 bits per heavy atom. The maximum absolute atomic E-state index is 13.3. The van der Waals surface area contributed by atoms with Gasteiger partial charge in [0.25, 0.3) is 11.8 Å². The molecule has 0 unspecified atom stereocenters. The Balaban J connectivity index is 1.76. The van der Waals surface area contributed by atoms with Crippen LogP contribution in [0.2, 0.25) is 0 Å². The van der Waals surface area contributed by atoms with E-state index >= 15 is 0 Å². The number of hydrogen-bond donors (Lipinski definition) is 2. The van der Waals surface area contributed by atoms with Gasteiger partial charge in [0.05, 0.1) is 30.3 Å². The Bertz CT molecular complexity index is 1180. The van der Waals surface area contributed by atoms with E-state index in [1.807, 2.05) is 0 Å². The monoisotopic (exact) mass is 476 g/mol. The van der Waals surface area contributed by atoms with Crippen molar-refractivity contribution in [3.8, 4) is 11.5 Å². The summed E-state index contributed by atoms with van der Waals surface area (Å²) in [5.41, 5.74) is -0.0137. The van der Waals surface area contributed by atoms with Gasteiger partial charge in [0.1, 0.15) is 0 Å². The molecule has 0 atom stereocenters. The van der Waals surface area contributed by atoms with Crippen LogP contribution in [0.15, 0.2) is 47.8 Å². The number of carbonyl (C=O) groups excluding carboxylic acids is 3. The molecule has 1 aromatic heterocycles. The molecule has 172 valence electrons. The zero-order chi connectivity index (χ0) is 24.0. The van der Waals surface area contributed by atoms with Crippen molar-refractivity contribution in [1.82, 2.24) is 0 Å². The number of benzene rings is 2. The highest BCUT2D eigenvalue weighted by atomic mass is 32.1. The molecule has 0 radical (unpaired) electrons. The summed E-state index contributed by atoms with van der Waals surface area (Å²) in [6.07, 6.45) is 0. The molecular weight excluding hydrogens is 458 g/mol. The standard InChI is InChI=1S/C22H18F2N2O6S/c1-30-17-9-13(16(10-18(17)31-2)26-21(28)19-4-3-7-33-19)22(29)32-11-20(27)25-12-5-6-14(23)15(24)8-12/h3-10H,11H2,1-2H3,(H,25,27)(H,26,28). The molecule has 3 aromatic rings. The maximum Gasteiger partial charge on any atom is 0.340 e. The van der Waals surface area contributed by atoms with E-state index in [0.29, 0.717) is 4.88 Å². The van der Waals surface area contributed by atoms with E-state index in [1.165, 1.54) is 37.7 Å². The highest BCUT2D eigenvalue weighted by molar-refractivity contribution is 7.12. The van der Waals surface area contributed by atoms with E-state index in [-0.39, 0.29) is 28.4 Å². The fraction of sp³-hybridized carbons (Fsp3) is 0.136. The molecule has 0 fully saturated rings. The average Bonchev–Trinajstić information content (AvgIpc) is 3.35. The third kappa shape index (κ3) is 5.83. The summed E-state index contributed by atoms with van der Waals surface area (Å²) in [5.74, 6) is -3.91. The molecule has 1 heterocycles. The predicted molar refractivity (Wildman–Crippen MR) is 117 cm³/mol. The summed E-state index contributed by atoms with van der Waals surface area (Å²) in [6, 6.07) is 8.81. The number of amides is 2. The van der Waals surface area contributed by atoms with E-state index in [1.54, 1.807) is 17.5 Å². The third-order valence-corrected chi connectivity index (χ3v) is 5.14. The number of thiophene rings is 1. The van der Waals surface area contributed by atoms with E-state index in [0.717, 1.165) is 18.2 Å². The second-order valence-corrected chi connectivity index (χ2v) is 7.39. The van der Waals surface area contributed by atoms with Crippen molar-refractivity contribution in [3.63, 3.8) is 0 Å². The van der Waals surface area contributed by atoms with Crippen molar-refractivity contribution in [2.75, 3.05) is 31.5 Å². The molecule has 2 N–H and O–H groups in total. The number of halogens is 2. The van der Waals surface area contributed by atoms with Gasteiger partial charge in [-0.3, -0.25) is 9.59 Å². The normalized spacial score (nSPS) is 10.3. The van der Waals surface area contributed by atoms with Gasteiger partial charge in [-0.15, -0.1) is 11.3 Å². The number of methoxy groups -OCH3 is 2. The lowest BCUT2D eigenvalue weighted by Gasteiger charge is -2.15. The molecule has 0 saturated carbocycles. The Labute approximate surface area is 191 Å². The fourth-order valence-electron chi connectivity index (χ4n) is 2.72. The summed E-state index contributed by atoms with van der Waals surface area (Å²) in [7, 11) is 2.76. The number of anilines is 2. The van der Waals surface area contributed by atoms with Crippen LogP contribution >= 0.6 is 11.3 Å². The van der Waals surface area contributed by atoms with E-state index in [4.69, 9.17) is 14.2 Å². The second-order valence-electron chi connectivity index (χ2n) is 6.44. The number of carbonyl (C=O) groups is 3. The molecule has 2 aromatic carbocycles. The van der Waals surface area contributed by atoms with Gasteiger partial charge < -0.3 is 24.8 Å². The number of hydrogen-bond acceptors (Lipinski definition) is 7.